The summed E-state index contributed by atoms with van der Waals surface area (Å²) in [6.07, 6.45) is -9.06. The summed E-state index contributed by atoms with van der Waals surface area (Å²) >= 11 is 0. The fraction of sp³-hybridized carbons (Fsp3) is 0.538. The molecule has 1 atom stereocenters. The van der Waals surface area contributed by atoms with Crippen molar-refractivity contribution in [1.82, 2.24) is 5.32 Å². The highest BCUT2D eigenvalue weighted by atomic mass is 19.4. The third kappa shape index (κ3) is 5.03. The minimum Gasteiger partial charge on any atom is -0.306 e. The molecule has 0 aliphatic carbocycles. The van der Waals surface area contributed by atoms with Crippen molar-refractivity contribution in [2.75, 3.05) is 6.54 Å². The first-order chi connectivity index (χ1) is 9.14. The summed E-state index contributed by atoms with van der Waals surface area (Å²) in [5, 5.41) is 2.31. The molecule has 0 aliphatic heterocycles. The monoisotopic (exact) mass is 299 g/mol. The van der Waals surface area contributed by atoms with Crippen molar-refractivity contribution in [2.45, 2.75) is 38.2 Å². The van der Waals surface area contributed by atoms with Crippen molar-refractivity contribution in [3.05, 3.63) is 35.4 Å². The van der Waals surface area contributed by atoms with Gasteiger partial charge in [0.2, 0.25) is 0 Å². The van der Waals surface area contributed by atoms with Crippen LogP contribution in [-0.2, 0) is 12.6 Å². The average Bonchev–Trinajstić information content (AvgIpc) is 2.32. The normalized spacial score (nSPS) is 14.3. The summed E-state index contributed by atoms with van der Waals surface area (Å²) < 4.78 is 75.8. The molecule has 0 heterocycles. The van der Waals surface area contributed by atoms with Gasteiger partial charge >= 0.3 is 12.4 Å². The maximum atomic E-state index is 12.8. The van der Waals surface area contributed by atoms with Crippen molar-refractivity contribution in [2.24, 2.45) is 0 Å². The van der Waals surface area contributed by atoms with E-state index in [1.165, 1.54) is 6.07 Å². The van der Waals surface area contributed by atoms with Crippen LogP contribution in [0.4, 0.5) is 26.3 Å². The van der Waals surface area contributed by atoms with Gasteiger partial charge in [-0.05, 0) is 31.0 Å². The highest BCUT2D eigenvalue weighted by Gasteiger charge is 2.39. The van der Waals surface area contributed by atoms with Gasteiger partial charge < -0.3 is 5.32 Å². The van der Waals surface area contributed by atoms with Gasteiger partial charge in [-0.25, -0.2) is 0 Å². The molecule has 1 N–H and O–H groups in total. The predicted octanol–water partition coefficient (Wildman–Crippen LogP) is 4.18. The highest BCUT2D eigenvalue weighted by Crippen LogP contribution is 2.30. The SMILES string of the molecule is CCCNC(Cc1cccc(C(F)(F)F)c1)C(F)(F)F. The maximum absolute atomic E-state index is 12.8. The van der Waals surface area contributed by atoms with Gasteiger partial charge in [0.1, 0.15) is 6.04 Å². The zero-order chi connectivity index (χ0) is 15.4. The smallest absolute Gasteiger partial charge is 0.306 e. The lowest BCUT2D eigenvalue weighted by molar-refractivity contribution is -0.155. The van der Waals surface area contributed by atoms with Crippen LogP contribution in [0.25, 0.3) is 0 Å². The molecule has 0 bridgehead atoms. The zero-order valence-corrected chi connectivity index (χ0v) is 10.8. The molecule has 0 saturated carbocycles. The number of nitrogens with one attached hydrogen (secondary N) is 1. The number of benzene rings is 1. The van der Waals surface area contributed by atoms with Gasteiger partial charge in [0.15, 0.2) is 0 Å². The summed E-state index contributed by atoms with van der Waals surface area (Å²) in [5.41, 5.74) is -0.933. The molecule has 1 aromatic rings. The number of rotatable bonds is 5. The van der Waals surface area contributed by atoms with Crippen LogP contribution in [0.3, 0.4) is 0 Å². The molecule has 1 unspecified atom stereocenters. The van der Waals surface area contributed by atoms with E-state index in [0.717, 1.165) is 18.2 Å². The first-order valence-electron chi connectivity index (χ1n) is 6.11. The largest absolute Gasteiger partial charge is 0.416 e. The molecule has 7 heteroatoms. The van der Waals surface area contributed by atoms with E-state index in [9.17, 15) is 26.3 Å². The van der Waals surface area contributed by atoms with E-state index in [0.29, 0.717) is 6.42 Å². The Balaban J connectivity index is 2.88. The van der Waals surface area contributed by atoms with E-state index in [1.54, 1.807) is 6.92 Å². The summed E-state index contributed by atoms with van der Waals surface area (Å²) in [6.45, 7) is 1.87. The lowest BCUT2D eigenvalue weighted by Crippen LogP contribution is -2.44. The van der Waals surface area contributed by atoms with Gasteiger partial charge in [-0.2, -0.15) is 26.3 Å². The Morgan fingerprint density at radius 1 is 1.10 bits per heavy atom. The van der Waals surface area contributed by atoms with E-state index in [4.69, 9.17) is 0 Å². The lowest BCUT2D eigenvalue weighted by atomic mass is 10.0. The standard InChI is InChI=1S/C13H15F6N/c1-2-6-20-11(13(17,18)19)8-9-4-3-5-10(7-9)12(14,15)16/h3-5,7,11,20H,2,6,8H2,1H3. The second kappa shape index (κ2) is 6.47. The fourth-order valence-corrected chi connectivity index (χ4v) is 1.73. The maximum Gasteiger partial charge on any atom is 0.416 e. The Kier molecular flexibility index (Phi) is 5.44. The second-order valence-corrected chi connectivity index (χ2v) is 4.45. The van der Waals surface area contributed by atoms with Crippen LogP contribution in [0.15, 0.2) is 24.3 Å². The summed E-state index contributed by atoms with van der Waals surface area (Å²) in [7, 11) is 0. The Morgan fingerprint density at radius 3 is 2.25 bits per heavy atom. The van der Waals surface area contributed by atoms with E-state index in [2.05, 4.69) is 5.32 Å². The van der Waals surface area contributed by atoms with Crippen LogP contribution in [0, 0.1) is 0 Å². The zero-order valence-electron chi connectivity index (χ0n) is 10.8. The number of hydrogen-bond donors (Lipinski definition) is 1. The minimum absolute atomic E-state index is 0.00533. The quantitative estimate of drug-likeness (QED) is 0.804. The topological polar surface area (TPSA) is 12.0 Å². The average molecular weight is 299 g/mol. The molecule has 1 rings (SSSR count). The molecular weight excluding hydrogens is 284 g/mol. The fourth-order valence-electron chi connectivity index (χ4n) is 1.73. The third-order valence-electron chi connectivity index (χ3n) is 2.73. The molecule has 114 valence electrons. The molecule has 0 radical (unpaired) electrons. The van der Waals surface area contributed by atoms with Crippen molar-refractivity contribution in [3.63, 3.8) is 0 Å². The molecule has 0 saturated heterocycles. The first-order valence-corrected chi connectivity index (χ1v) is 6.11. The van der Waals surface area contributed by atoms with Gasteiger partial charge in [0, 0.05) is 0 Å². The van der Waals surface area contributed by atoms with Gasteiger partial charge in [-0.1, -0.05) is 25.1 Å². The van der Waals surface area contributed by atoms with E-state index in [1.807, 2.05) is 0 Å². The molecule has 0 aliphatic rings. The summed E-state index contributed by atoms with van der Waals surface area (Å²) in [5.74, 6) is 0. The van der Waals surface area contributed by atoms with Gasteiger partial charge in [-0.15, -0.1) is 0 Å². The van der Waals surface area contributed by atoms with Crippen LogP contribution >= 0.6 is 0 Å². The van der Waals surface area contributed by atoms with Crippen LogP contribution in [0.1, 0.15) is 24.5 Å². The van der Waals surface area contributed by atoms with Crippen LogP contribution < -0.4 is 5.32 Å². The van der Waals surface area contributed by atoms with Crippen LogP contribution in [-0.4, -0.2) is 18.8 Å². The summed E-state index contributed by atoms with van der Waals surface area (Å²) in [4.78, 5) is 0. The second-order valence-electron chi connectivity index (χ2n) is 4.45. The number of hydrogen-bond acceptors (Lipinski definition) is 1. The highest BCUT2D eigenvalue weighted by molar-refractivity contribution is 5.26. The molecule has 20 heavy (non-hydrogen) atoms. The van der Waals surface area contributed by atoms with Crippen molar-refractivity contribution in [1.29, 1.82) is 0 Å². The molecule has 0 spiro atoms. The minimum atomic E-state index is -4.55. The Labute approximate surface area is 113 Å². The van der Waals surface area contributed by atoms with Crippen LogP contribution in [0.2, 0.25) is 0 Å². The number of alkyl halides is 6. The Bertz CT molecular complexity index is 424. The van der Waals surface area contributed by atoms with Crippen LogP contribution in [0.5, 0.6) is 0 Å². The number of halogens is 6. The van der Waals surface area contributed by atoms with Crippen molar-refractivity contribution < 1.29 is 26.3 Å². The molecule has 0 amide bonds. The van der Waals surface area contributed by atoms with Gasteiger partial charge in [0.25, 0.3) is 0 Å². The Hall–Kier alpha value is -1.24. The van der Waals surface area contributed by atoms with Gasteiger partial charge in [-0.3, -0.25) is 0 Å². The van der Waals surface area contributed by atoms with E-state index >= 15 is 0 Å². The molecule has 1 aromatic carbocycles. The first kappa shape index (κ1) is 16.8. The summed E-state index contributed by atoms with van der Waals surface area (Å²) in [6, 6.07) is 2.14. The van der Waals surface area contributed by atoms with E-state index < -0.39 is 30.4 Å². The third-order valence-corrected chi connectivity index (χ3v) is 2.73. The van der Waals surface area contributed by atoms with Crippen molar-refractivity contribution >= 4 is 0 Å². The molecule has 0 aromatic heterocycles. The molecule has 1 nitrogen and oxygen atoms in total. The Morgan fingerprint density at radius 2 is 1.75 bits per heavy atom. The lowest BCUT2D eigenvalue weighted by Gasteiger charge is -2.22. The van der Waals surface area contributed by atoms with Gasteiger partial charge in [0.05, 0.1) is 5.56 Å². The molecule has 0 fully saturated rings. The predicted molar refractivity (Wildman–Crippen MR) is 63.3 cm³/mol. The van der Waals surface area contributed by atoms with E-state index in [-0.39, 0.29) is 12.1 Å². The van der Waals surface area contributed by atoms with Crippen molar-refractivity contribution in [3.8, 4) is 0 Å². The molecular formula is C13H15F6N.